The smallest absolute Gasteiger partial charge is 0.305 e. The van der Waals surface area contributed by atoms with Gasteiger partial charge in [-0.3, -0.25) is 14.5 Å². The van der Waals surface area contributed by atoms with Crippen molar-refractivity contribution >= 4 is 11.9 Å². The molecule has 2 N–H and O–H groups in total. The van der Waals surface area contributed by atoms with E-state index < -0.39 is 0 Å². The number of aliphatic hydroxyl groups excluding tert-OH is 1. The Labute approximate surface area is 126 Å². The van der Waals surface area contributed by atoms with Crippen molar-refractivity contribution in [2.75, 3.05) is 32.8 Å². The number of rotatable bonds is 9. The van der Waals surface area contributed by atoms with E-state index in [0.717, 1.165) is 25.8 Å². The lowest BCUT2D eigenvalue weighted by Crippen LogP contribution is -2.46. The first-order valence-corrected chi connectivity index (χ1v) is 7.94. The molecule has 1 amide bonds. The Hall–Kier alpha value is -1.14. The number of piperidine rings is 1. The van der Waals surface area contributed by atoms with Gasteiger partial charge in [-0.05, 0) is 39.2 Å². The number of carbonyl (C=O) groups excluding carboxylic acids is 2. The van der Waals surface area contributed by atoms with Crippen LogP contribution >= 0.6 is 0 Å². The summed E-state index contributed by atoms with van der Waals surface area (Å²) >= 11 is 0. The van der Waals surface area contributed by atoms with Gasteiger partial charge in [-0.1, -0.05) is 6.42 Å². The molecule has 1 saturated heterocycles. The number of likely N-dealkylation sites (tertiary alicyclic amines) is 1. The number of ether oxygens (including phenoxy) is 1. The molecule has 0 saturated carbocycles. The number of nitrogens with zero attached hydrogens (tertiary/aromatic N) is 1. The molecule has 0 radical (unpaired) electrons. The molecule has 1 fully saturated rings. The summed E-state index contributed by atoms with van der Waals surface area (Å²) in [5, 5.41) is 11.9. The van der Waals surface area contributed by atoms with E-state index in [-0.39, 0.29) is 18.5 Å². The van der Waals surface area contributed by atoms with Crippen LogP contribution in [0.5, 0.6) is 0 Å². The Morgan fingerprint density at radius 3 is 2.90 bits per heavy atom. The fourth-order valence-corrected chi connectivity index (χ4v) is 2.68. The number of hydrogen-bond donors (Lipinski definition) is 2. The lowest BCUT2D eigenvalue weighted by Gasteiger charge is -2.34. The number of amides is 1. The Kier molecular flexibility index (Phi) is 9.01. The van der Waals surface area contributed by atoms with E-state index in [4.69, 9.17) is 9.84 Å². The summed E-state index contributed by atoms with van der Waals surface area (Å²) in [5.41, 5.74) is 0. The molecule has 1 atom stereocenters. The topological polar surface area (TPSA) is 78.9 Å². The minimum atomic E-state index is -0.217. The predicted molar refractivity (Wildman–Crippen MR) is 79.8 cm³/mol. The first-order chi connectivity index (χ1) is 10.2. The van der Waals surface area contributed by atoms with Crippen molar-refractivity contribution in [2.45, 2.75) is 51.5 Å². The maximum atomic E-state index is 11.9. The number of hydrogen-bond acceptors (Lipinski definition) is 5. The largest absolute Gasteiger partial charge is 0.466 e. The lowest BCUT2D eigenvalue weighted by atomic mass is 10.00. The van der Waals surface area contributed by atoms with Gasteiger partial charge in [0, 0.05) is 25.6 Å². The molecule has 0 bridgehead atoms. The molecule has 0 aromatic heterocycles. The summed E-state index contributed by atoms with van der Waals surface area (Å²) in [7, 11) is 0. The van der Waals surface area contributed by atoms with Gasteiger partial charge in [0.15, 0.2) is 0 Å². The molecule has 0 aromatic rings. The second kappa shape index (κ2) is 10.6. The van der Waals surface area contributed by atoms with Crippen molar-refractivity contribution in [1.82, 2.24) is 10.2 Å². The van der Waals surface area contributed by atoms with Gasteiger partial charge in [-0.25, -0.2) is 0 Å². The first kappa shape index (κ1) is 17.9. The molecule has 21 heavy (non-hydrogen) atoms. The highest BCUT2D eigenvalue weighted by molar-refractivity contribution is 5.78. The number of nitrogens with one attached hydrogen (secondary N) is 1. The van der Waals surface area contributed by atoms with Gasteiger partial charge in [-0.2, -0.15) is 0 Å². The van der Waals surface area contributed by atoms with E-state index in [0.29, 0.717) is 38.6 Å². The number of carbonyl (C=O) groups is 2. The molecular weight excluding hydrogens is 272 g/mol. The molecule has 6 nitrogen and oxygen atoms in total. The summed E-state index contributed by atoms with van der Waals surface area (Å²) < 4.78 is 4.83. The van der Waals surface area contributed by atoms with Gasteiger partial charge in [0.25, 0.3) is 0 Å². The second-order valence-electron chi connectivity index (χ2n) is 5.39. The maximum Gasteiger partial charge on any atom is 0.305 e. The monoisotopic (exact) mass is 300 g/mol. The van der Waals surface area contributed by atoms with Crippen LogP contribution in [-0.4, -0.2) is 60.8 Å². The average molecular weight is 300 g/mol. The first-order valence-electron chi connectivity index (χ1n) is 7.94. The van der Waals surface area contributed by atoms with Crippen LogP contribution < -0.4 is 5.32 Å². The Bertz CT molecular complexity index is 321. The summed E-state index contributed by atoms with van der Waals surface area (Å²) in [6.07, 6.45) is 5.00. The van der Waals surface area contributed by atoms with Gasteiger partial charge >= 0.3 is 5.97 Å². The van der Waals surface area contributed by atoms with Crippen LogP contribution in [0.25, 0.3) is 0 Å². The molecule has 1 aliphatic rings. The number of aliphatic hydroxyl groups is 1. The molecule has 0 aromatic carbocycles. The Morgan fingerprint density at radius 1 is 1.38 bits per heavy atom. The van der Waals surface area contributed by atoms with Crippen LogP contribution in [-0.2, 0) is 14.3 Å². The van der Waals surface area contributed by atoms with Crippen LogP contribution in [0.2, 0.25) is 0 Å². The minimum absolute atomic E-state index is 0.0105. The normalized spacial score (nSPS) is 19.2. The van der Waals surface area contributed by atoms with Crippen molar-refractivity contribution in [3.63, 3.8) is 0 Å². The fraction of sp³-hybridized carbons (Fsp3) is 0.867. The van der Waals surface area contributed by atoms with Crippen molar-refractivity contribution in [3.8, 4) is 0 Å². The van der Waals surface area contributed by atoms with Crippen LogP contribution in [0.3, 0.4) is 0 Å². The highest BCUT2D eigenvalue weighted by atomic mass is 16.5. The average Bonchev–Trinajstić information content (AvgIpc) is 2.46. The summed E-state index contributed by atoms with van der Waals surface area (Å²) in [4.78, 5) is 25.2. The van der Waals surface area contributed by atoms with Gasteiger partial charge in [0.1, 0.15) is 0 Å². The zero-order chi connectivity index (χ0) is 15.5. The molecule has 6 heteroatoms. The van der Waals surface area contributed by atoms with Crippen molar-refractivity contribution < 1.29 is 19.4 Å². The van der Waals surface area contributed by atoms with E-state index in [1.807, 2.05) is 0 Å². The highest BCUT2D eigenvalue weighted by Crippen LogP contribution is 2.18. The second-order valence-corrected chi connectivity index (χ2v) is 5.39. The number of esters is 1. The summed E-state index contributed by atoms with van der Waals surface area (Å²) in [6.45, 7) is 4.14. The third-order valence-corrected chi connectivity index (χ3v) is 3.74. The Morgan fingerprint density at radius 2 is 2.19 bits per heavy atom. The minimum Gasteiger partial charge on any atom is -0.466 e. The van der Waals surface area contributed by atoms with E-state index >= 15 is 0 Å². The molecular formula is C15H28N2O4. The van der Waals surface area contributed by atoms with Gasteiger partial charge < -0.3 is 15.2 Å². The molecule has 122 valence electrons. The maximum absolute atomic E-state index is 11.9. The summed E-state index contributed by atoms with van der Waals surface area (Å²) in [5.74, 6) is -0.227. The van der Waals surface area contributed by atoms with Crippen LogP contribution in [0.4, 0.5) is 0 Å². The van der Waals surface area contributed by atoms with Crippen molar-refractivity contribution in [3.05, 3.63) is 0 Å². The molecule has 1 aliphatic heterocycles. The molecule has 1 rings (SSSR count). The standard InChI is InChI=1S/C15H28N2O4/c1-2-21-15(20)7-5-9-16-14(19)12-17-10-4-3-6-13(17)8-11-18/h13,18H,2-12H2,1H3,(H,16,19). The predicted octanol–water partition coefficient (Wildman–Crippen LogP) is 0.683. The van der Waals surface area contributed by atoms with Crippen molar-refractivity contribution in [1.29, 1.82) is 0 Å². The highest BCUT2D eigenvalue weighted by Gasteiger charge is 2.23. The van der Waals surface area contributed by atoms with E-state index in [9.17, 15) is 9.59 Å². The molecule has 0 spiro atoms. The van der Waals surface area contributed by atoms with E-state index in [1.165, 1.54) is 6.42 Å². The SMILES string of the molecule is CCOC(=O)CCCNC(=O)CN1CCCCC1CCO. The van der Waals surface area contributed by atoms with Crippen LogP contribution in [0.15, 0.2) is 0 Å². The third kappa shape index (κ3) is 7.43. The van der Waals surface area contributed by atoms with Crippen molar-refractivity contribution in [2.24, 2.45) is 0 Å². The zero-order valence-corrected chi connectivity index (χ0v) is 13.0. The molecule has 1 unspecified atom stereocenters. The quantitative estimate of drug-likeness (QED) is 0.484. The third-order valence-electron chi connectivity index (χ3n) is 3.74. The Balaban J connectivity index is 2.18. The van der Waals surface area contributed by atoms with Crippen LogP contribution in [0, 0.1) is 0 Å². The molecule has 0 aliphatic carbocycles. The van der Waals surface area contributed by atoms with E-state index in [1.54, 1.807) is 6.92 Å². The van der Waals surface area contributed by atoms with Gasteiger partial charge in [0.05, 0.1) is 13.2 Å². The molecule has 1 heterocycles. The van der Waals surface area contributed by atoms with Gasteiger partial charge in [0.2, 0.25) is 5.91 Å². The van der Waals surface area contributed by atoms with E-state index in [2.05, 4.69) is 10.2 Å². The fourth-order valence-electron chi connectivity index (χ4n) is 2.68. The van der Waals surface area contributed by atoms with Gasteiger partial charge in [-0.15, -0.1) is 0 Å². The lowest BCUT2D eigenvalue weighted by molar-refractivity contribution is -0.143. The summed E-state index contributed by atoms with van der Waals surface area (Å²) in [6, 6.07) is 0.314. The van der Waals surface area contributed by atoms with Crippen LogP contribution in [0.1, 0.15) is 45.4 Å². The zero-order valence-electron chi connectivity index (χ0n) is 13.0.